The maximum absolute atomic E-state index is 12.3. The second-order valence-corrected chi connectivity index (χ2v) is 6.27. The van der Waals surface area contributed by atoms with Crippen LogP contribution in [0, 0.1) is 5.92 Å². The van der Waals surface area contributed by atoms with E-state index in [1.54, 1.807) is 24.3 Å². The van der Waals surface area contributed by atoms with E-state index in [1.807, 2.05) is 13.8 Å². The summed E-state index contributed by atoms with van der Waals surface area (Å²) >= 11 is 0. The van der Waals surface area contributed by atoms with Gasteiger partial charge in [-0.1, -0.05) is 13.8 Å². The highest BCUT2D eigenvalue weighted by atomic mass is 16.4. The van der Waals surface area contributed by atoms with Crippen molar-refractivity contribution >= 4 is 23.5 Å². The standard InChI is InChI=1S/C18H20N4O5/c1-9(2)14(20-10(3)23)17(25)21-12-6-4-11(5-7-12)15-19-8-13(18(26)27)16(24)22-15/h4-9,14H,1-3H3,(H,20,23)(H,21,25)(H,26,27)(H,19,22,24). The first-order chi connectivity index (χ1) is 12.7. The van der Waals surface area contributed by atoms with Crippen LogP contribution < -0.4 is 16.2 Å². The molecular formula is C18H20N4O5. The average molecular weight is 372 g/mol. The van der Waals surface area contributed by atoms with Crippen LogP contribution in [0.15, 0.2) is 35.3 Å². The highest BCUT2D eigenvalue weighted by Gasteiger charge is 2.23. The Bertz CT molecular complexity index is 918. The molecule has 142 valence electrons. The molecule has 9 nitrogen and oxygen atoms in total. The number of rotatable bonds is 6. The number of hydrogen-bond donors (Lipinski definition) is 4. The molecule has 1 aromatic carbocycles. The number of nitrogens with zero attached hydrogens (tertiary/aromatic N) is 1. The van der Waals surface area contributed by atoms with Gasteiger partial charge in [0, 0.05) is 24.4 Å². The Labute approximate surface area is 154 Å². The maximum atomic E-state index is 12.3. The number of carboxylic acid groups (broad SMARTS) is 1. The number of benzene rings is 1. The van der Waals surface area contributed by atoms with E-state index in [0.717, 1.165) is 6.20 Å². The Kier molecular flexibility index (Phi) is 6.07. The number of carbonyl (C=O) groups is 3. The summed E-state index contributed by atoms with van der Waals surface area (Å²) in [5, 5.41) is 14.2. The summed E-state index contributed by atoms with van der Waals surface area (Å²) in [6.45, 7) is 5.00. The highest BCUT2D eigenvalue weighted by Crippen LogP contribution is 2.18. The fraction of sp³-hybridized carbons (Fsp3) is 0.278. The van der Waals surface area contributed by atoms with Crippen LogP contribution >= 0.6 is 0 Å². The Hall–Kier alpha value is -3.49. The third-order valence-electron chi connectivity index (χ3n) is 3.76. The summed E-state index contributed by atoms with van der Waals surface area (Å²) in [4.78, 5) is 52.5. The molecule has 0 spiro atoms. The van der Waals surface area contributed by atoms with Gasteiger partial charge in [-0.15, -0.1) is 0 Å². The summed E-state index contributed by atoms with van der Waals surface area (Å²) in [6, 6.07) is 5.81. The van der Waals surface area contributed by atoms with E-state index < -0.39 is 23.1 Å². The van der Waals surface area contributed by atoms with Gasteiger partial charge in [0.05, 0.1) is 0 Å². The number of aromatic nitrogens is 2. The number of H-pyrrole nitrogens is 1. The van der Waals surface area contributed by atoms with Gasteiger partial charge >= 0.3 is 5.97 Å². The molecule has 2 aromatic rings. The van der Waals surface area contributed by atoms with Crippen LogP contribution in [0.1, 0.15) is 31.1 Å². The summed E-state index contributed by atoms with van der Waals surface area (Å²) in [5.74, 6) is -1.87. The number of nitrogens with one attached hydrogen (secondary N) is 3. The first kappa shape index (κ1) is 19.8. The van der Waals surface area contributed by atoms with Crippen molar-refractivity contribution in [1.29, 1.82) is 0 Å². The first-order valence-corrected chi connectivity index (χ1v) is 8.20. The van der Waals surface area contributed by atoms with Crippen molar-refractivity contribution in [3.63, 3.8) is 0 Å². The number of anilines is 1. The van der Waals surface area contributed by atoms with Crippen LogP contribution in [0.5, 0.6) is 0 Å². The van der Waals surface area contributed by atoms with Crippen LogP contribution in [0.2, 0.25) is 0 Å². The topological polar surface area (TPSA) is 141 Å². The molecule has 0 aliphatic rings. The number of amides is 2. The summed E-state index contributed by atoms with van der Waals surface area (Å²) < 4.78 is 0. The van der Waals surface area contributed by atoms with Gasteiger partial charge < -0.3 is 20.7 Å². The number of aromatic amines is 1. The zero-order chi connectivity index (χ0) is 20.1. The third-order valence-corrected chi connectivity index (χ3v) is 3.76. The van der Waals surface area contributed by atoms with Crippen LogP contribution in [-0.4, -0.2) is 38.9 Å². The molecule has 0 saturated carbocycles. The minimum atomic E-state index is -1.35. The summed E-state index contributed by atoms with van der Waals surface area (Å²) in [7, 11) is 0. The monoisotopic (exact) mass is 372 g/mol. The predicted octanol–water partition coefficient (Wildman–Crippen LogP) is 1.23. The van der Waals surface area contributed by atoms with Crippen molar-refractivity contribution in [3.05, 3.63) is 46.4 Å². The Morgan fingerprint density at radius 3 is 2.26 bits per heavy atom. The lowest BCUT2D eigenvalue weighted by Gasteiger charge is -2.21. The lowest BCUT2D eigenvalue weighted by atomic mass is 10.0. The molecule has 0 aliphatic carbocycles. The van der Waals surface area contributed by atoms with Crippen LogP contribution in [0.4, 0.5) is 5.69 Å². The van der Waals surface area contributed by atoms with Crippen molar-refractivity contribution in [2.45, 2.75) is 26.8 Å². The SMILES string of the molecule is CC(=O)NC(C(=O)Nc1ccc(-c2ncc(C(=O)O)c(=O)[nH]2)cc1)C(C)C. The second kappa shape index (κ2) is 8.26. The maximum Gasteiger partial charge on any atom is 0.342 e. The molecule has 1 atom stereocenters. The van der Waals surface area contributed by atoms with E-state index in [0.29, 0.717) is 11.3 Å². The van der Waals surface area contributed by atoms with Gasteiger partial charge in [-0.3, -0.25) is 14.4 Å². The van der Waals surface area contributed by atoms with E-state index in [-0.39, 0.29) is 23.6 Å². The van der Waals surface area contributed by atoms with Crippen molar-refractivity contribution in [1.82, 2.24) is 15.3 Å². The molecule has 1 heterocycles. The van der Waals surface area contributed by atoms with E-state index in [9.17, 15) is 19.2 Å². The first-order valence-electron chi connectivity index (χ1n) is 8.20. The average Bonchev–Trinajstić information content (AvgIpc) is 2.59. The predicted molar refractivity (Wildman–Crippen MR) is 98.3 cm³/mol. The zero-order valence-corrected chi connectivity index (χ0v) is 15.1. The van der Waals surface area contributed by atoms with Crippen molar-refractivity contribution < 1.29 is 19.5 Å². The van der Waals surface area contributed by atoms with Gasteiger partial charge in [-0.2, -0.15) is 0 Å². The Morgan fingerprint density at radius 2 is 1.78 bits per heavy atom. The Morgan fingerprint density at radius 1 is 1.15 bits per heavy atom. The minimum absolute atomic E-state index is 0.0878. The molecule has 0 saturated heterocycles. The van der Waals surface area contributed by atoms with E-state index in [4.69, 9.17) is 5.11 Å². The lowest BCUT2D eigenvalue weighted by Crippen LogP contribution is -2.46. The molecule has 1 unspecified atom stereocenters. The largest absolute Gasteiger partial charge is 0.477 e. The fourth-order valence-electron chi connectivity index (χ4n) is 2.38. The summed E-state index contributed by atoms with van der Waals surface area (Å²) in [5.41, 5.74) is -0.145. The van der Waals surface area contributed by atoms with Gasteiger partial charge in [0.2, 0.25) is 11.8 Å². The molecule has 2 amide bonds. The molecule has 1 aromatic heterocycles. The third kappa shape index (κ3) is 5.00. The molecule has 9 heteroatoms. The quantitative estimate of drug-likeness (QED) is 0.601. The molecular weight excluding hydrogens is 352 g/mol. The number of carbonyl (C=O) groups excluding carboxylic acids is 2. The highest BCUT2D eigenvalue weighted by molar-refractivity contribution is 5.97. The zero-order valence-electron chi connectivity index (χ0n) is 15.1. The van der Waals surface area contributed by atoms with Gasteiger partial charge in [0.15, 0.2) is 0 Å². The second-order valence-electron chi connectivity index (χ2n) is 6.27. The van der Waals surface area contributed by atoms with Gasteiger partial charge in [0.25, 0.3) is 5.56 Å². The van der Waals surface area contributed by atoms with Crippen LogP contribution in [0.25, 0.3) is 11.4 Å². The molecule has 0 aliphatic heterocycles. The van der Waals surface area contributed by atoms with Crippen LogP contribution in [-0.2, 0) is 9.59 Å². The van der Waals surface area contributed by atoms with Crippen molar-refractivity contribution in [2.75, 3.05) is 5.32 Å². The normalized spacial score (nSPS) is 11.7. The molecule has 0 fully saturated rings. The molecule has 4 N–H and O–H groups in total. The summed E-state index contributed by atoms with van der Waals surface area (Å²) in [6.07, 6.45) is 0.993. The van der Waals surface area contributed by atoms with Gasteiger partial charge in [-0.25, -0.2) is 9.78 Å². The number of carboxylic acids is 1. The Balaban J connectivity index is 2.16. The van der Waals surface area contributed by atoms with E-state index in [1.165, 1.54) is 6.92 Å². The smallest absolute Gasteiger partial charge is 0.342 e. The van der Waals surface area contributed by atoms with E-state index in [2.05, 4.69) is 20.6 Å². The molecule has 0 radical (unpaired) electrons. The lowest BCUT2D eigenvalue weighted by molar-refractivity contribution is -0.126. The number of hydrogen-bond acceptors (Lipinski definition) is 5. The van der Waals surface area contributed by atoms with Crippen LogP contribution in [0.3, 0.4) is 0 Å². The van der Waals surface area contributed by atoms with Gasteiger partial charge in [0.1, 0.15) is 17.4 Å². The van der Waals surface area contributed by atoms with Crippen molar-refractivity contribution in [3.8, 4) is 11.4 Å². The minimum Gasteiger partial charge on any atom is -0.477 e. The molecule has 27 heavy (non-hydrogen) atoms. The van der Waals surface area contributed by atoms with Crippen molar-refractivity contribution in [2.24, 2.45) is 5.92 Å². The van der Waals surface area contributed by atoms with Gasteiger partial charge in [-0.05, 0) is 30.2 Å². The molecule has 0 bridgehead atoms. The fourth-order valence-corrected chi connectivity index (χ4v) is 2.38. The number of aromatic carboxylic acids is 1. The van der Waals surface area contributed by atoms with E-state index >= 15 is 0 Å². The molecule has 2 rings (SSSR count).